The molecule has 0 bridgehead atoms. The van der Waals surface area contributed by atoms with Crippen LogP contribution in [0.4, 0.5) is 0 Å². The lowest BCUT2D eigenvalue weighted by Crippen LogP contribution is -2.05. The van der Waals surface area contributed by atoms with Gasteiger partial charge in [-0.2, -0.15) is 8.42 Å². The zero-order chi connectivity index (χ0) is 13.6. The van der Waals surface area contributed by atoms with Crippen LogP contribution in [0.1, 0.15) is 26.7 Å². The van der Waals surface area contributed by atoms with Crippen LogP contribution < -0.4 is 0 Å². The van der Waals surface area contributed by atoms with Crippen LogP contribution in [-0.4, -0.2) is 19.9 Å². The summed E-state index contributed by atoms with van der Waals surface area (Å²) in [5, 5.41) is 3.52. The molecule has 1 rings (SSSR count). The second-order valence-electron chi connectivity index (χ2n) is 3.87. The van der Waals surface area contributed by atoms with E-state index in [1.807, 2.05) is 0 Å². The van der Waals surface area contributed by atoms with Gasteiger partial charge in [-0.25, -0.2) is 0 Å². The highest BCUT2D eigenvalue weighted by Gasteiger charge is 2.14. The van der Waals surface area contributed by atoms with Gasteiger partial charge in [0.1, 0.15) is 10.7 Å². The van der Waals surface area contributed by atoms with Crippen LogP contribution in [-0.2, 0) is 19.2 Å². The molecule has 0 aliphatic heterocycles. The Kier molecular flexibility index (Phi) is 5.03. The van der Waals surface area contributed by atoms with Gasteiger partial charge in [0.25, 0.3) is 0 Å². The van der Waals surface area contributed by atoms with Crippen LogP contribution in [0.25, 0.3) is 0 Å². The first-order valence-corrected chi connectivity index (χ1v) is 6.84. The van der Waals surface area contributed by atoms with Crippen molar-refractivity contribution in [2.24, 2.45) is 5.16 Å². The lowest BCUT2D eigenvalue weighted by molar-refractivity contribution is -0.116. The van der Waals surface area contributed by atoms with E-state index in [9.17, 15) is 13.2 Å². The summed E-state index contributed by atoms with van der Waals surface area (Å²) in [5.74, 6) is 0.0236. The molecule has 1 aromatic carbocycles. The molecular formula is C12H15NO4S. The number of Topliss-reactive ketones (excluding diaryl/α,β-unsaturated/α-hetero) is 1. The maximum atomic E-state index is 11.7. The molecule has 0 heterocycles. The first kappa shape index (κ1) is 14.4. The monoisotopic (exact) mass is 269 g/mol. The Morgan fingerprint density at radius 1 is 1.17 bits per heavy atom. The van der Waals surface area contributed by atoms with Gasteiger partial charge in [-0.1, -0.05) is 23.4 Å². The van der Waals surface area contributed by atoms with E-state index in [1.54, 1.807) is 25.1 Å². The molecule has 0 amide bonds. The minimum atomic E-state index is -3.87. The van der Waals surface area contributed by atoms with Gasteiger partial charge < -0.3 is 4.79 Å². The van der Waals surface area contributed by atoms with Gasteiger partial charge >= 0.3 is 10.1 Å². The Labute approximate surface area is 107 Å². The first-order valence-electron chi connectivity index (χ1n) is 5.43. The zero-order valence-corrected chi connectivity index (χ0v) is 11.1. The van der Waals surface area contributed by atoms with Crippen LogP contribution in [0.5, 0.6) is 0 Å². The van der Waals surface area contributed by atoms with Gasteiger partial charge in [0.15, 0.2) is 0 Å². The Morgan fingerprint density at radius 3 is 2.33 bits per heavy atom. The third-order valence-corrected chi connectivity index (χ3v) is 3.28. The Hall–Kier alpha value is -1.69. The van der Waals surface area contributed by atoms with E-state index in [1.165, 1.54) is 19.1 Å². The van der Waals surface area contributed by atoms with E-state index in [2.05, 4.69) is 9.44 Å². The summed E-state index contributed by atoms with van der Waals surface area (Å²) in [4.78, 5) is 10.8. The predicted molar refractivity (Wildman–Crippen MR) is 67.7 cm³/mol. The van der Waals surface area contributed by atoms with E-state index in [0.29, 0.717) is 18.6 Å². The van der Waals surface area contributed by atoms with Gasteiger partial charge in [-0.3, -0.25) is 4.28 Å². The van der Waals surface area contributed by atoms with Crippen molar-refractivity contribution in [2.45, 2.75) is 31.6 Å². The van der Waals surface area contributed by atoms with Crippen LogP contribution >= 0.6 is 0 Å². The summed E-state index contributed by atoms with van der Waals surface area (Å²) in [6, 6.07) is 7.76. The molecule has 0 atom stereocenters. The van der Waals surface area contributed by atoms with E-state index < -0.39 is 10.1 Å². The van der Waals surface area contributed by atoms with Crippen molar-refractivity contribution in [3.8, 4) is 0 Å². The van der Waals surface area contributed by atoms with Gasteiger partial charge in [-0.05, 0) is 32.4 Å². The van der Waals surface area contributed by atoms with Crippen molar-refractivity contribution in [1.29, 1.82) is 0 Å². The molecule has 98 valence electrons. The van der Waals surface area contributed by atoms with Crippen molar-refractivity contribution in [3.63, 3.8) is 0 Å². The largest absolute Gasteiger partial charge is 0.358 e. The van der Waals surface area contributed by atoms with Gasteiger partial charge in [0.2, 0.25) is 0 Å². The fourth-order valence-corrected chi connectivity index (χ4v) is 1.95. The van der Waals surface area contributed by atoms with Crippen LogP contribution in [0, 0.1) is 0 Å². The van der Waals surface area contributed by atoms with Crippen molar-refractivity contribution < 1.29 is 17.5 Å². The Morgan fingerprint density at radius 2 is 1.78 bits per heavy atom. The van der Waals surface area contributed by atoms with Crippen molar-refractivity contribution in [2.75, 3.05) is 0 Å². The number of hydrogen-bond acceptors (Lipinski definition) is 5. The smallest absolute Gasteiger partial charge is 0.300 e. The molecule has 18 heavy (non-hydrogen) atoms. The second-order valence-corrected chi connectivity index (χ2v) is 5.40. The number of carbonyl (C=O) groups is 1. The van der Waals surface area contributed by atoms with E-state index in [4.69, 9.17) is 0 Å². The fourth-order valence-electron chi connectivity index (χ4n) is 1.15. The molecule has 0 saturated carbocycles. The van der Waals surface area contributed by atoms with Crippen LogP contribution in [0.2, 0.25) is 0 Å². The first-order chi connectivity index (χ1) is 8.42. The molecule has 6 heteroatoms. The third-order valence-electron chi connectivity index (χ3n) is 2.16. The summed E-state index contributed by atoms with van der Waals surface area (Å²) >= 11 is 0. The summed E-state index contributed by atoms with van der Waals surface area (Å²) in [6.07, 6.45) is 0.712. The molecule has 0 aromatic heterocycles. The molecule has 0 spiro atoms. The number of benzene rings is 1. The minimum absolute atomic E-state index is 0.0236. The second kappa shape index (κ2) is 6.30. The number of oxime groups is 1. The average molecular weight is 269 g/mol. The summed E-state index contributed by atoms with van der Waals surface area (Å²) in [5.41, 5.74) is 0.463. The number of ketones is 1. The van der Waals surface area contributed by atoms with E-state index >= 15 is 0 Å². The number of carbonyl (C=O) groups excluding carboxylic acids is 1. The highest BCUT2D eigenvalue weighted by Crippen LogP contribution is 2.11. The number of hydrogen-bond donors (Lipinski definition) is 0. The van der Waals surface area contributed by atoms with E-state index in [0.717, 1.165) is 0 Å². The molecule has 5 nitrogen and oxygen atoms in total. The van der Waals surface area contributed by atoms with Gasteiger partial charge in [0.05, 0.1) is 5.71 Å². The lowest BCUT2D eigenvalue weighted by Gasteiger charge is -2.02. The van der Waals surface area contributed by atoms with Crippen LogP contribution in [0.15, 0.2) is 40.4 Å². The summed E-state index contributed by atoms with van der Waals surface area (Å²) in [7, 11) is -3.87. The normalized spacial score (nSPS) is 12.2. The average Bonchev–Trinajstić information content (AvgIpc) is 2.35. The minimum Gasteiger partial charge on any atom is -0.300 e. The maximum absolute atomic E-state index is 11.7. The summed E-state index contributed by atoms with van der Waals surface area (Å²) in [6.45, 7) is 3.08. The van der Waals surface area contributed by atoms with Crippen LogP contribution in [0.3, 0.4) is 0 Å². The Balaban J connectivity index is 2.67. The molecule has 0 saturated heterocycles. The van der Waals surface area contributed by atoms with Crippen molar-refractivity contribution >= 4 is 21.6 Å². The highest BCUT2D eigenvalue weighted by molar-refractivity contribution is 7.86. The molecule has 1 aromatic rings. The molecule has 0 unspecified atom stereocenters. The standard InChI is InChI=1S/C12H15NO4S/c1-10(8-9-11(2)14)13-17-18(15,16)12-6-4-3-5-7-12/h3-7H,8-9H2,1-2H3/b13-10+. The molecule has 0 aliphatic carbocycles. The SMILES string of the molecule is CC(=O)CC/C(C)=N/OS(=O)(=O)c1ccccc1. The summed E-state index contributed by atoms with van der Waals surface area (Å²) < 4.78 is 27.9. The molecule has 0 radical (unpaired) electrons. The quantitative estimate of drug-likeness (QED) is 0.586. The number of rotatable bonds is 6. The zero-order valence-electron chi connectivity index (χ0n) is 10.3. The topological polar surface area (TPSA) is 72.8 Å². The predicted octanol–water partition coefficient (Wildman–Crippen LogP) is 2.14. The molecule has 0 N–H and O–H groups in total. The highest BCUT2D eigenvalue weighted by atomic mass is 32.2. The van der Waals surface area contributed by atoms with E-state index in [-0.39, 0.29) is 10.7 Å². The number of nitrogens with zero attached hydrogens (tertiary/aromatic N) is 1. The Bertz CT molecular complexity index is 534. The van der Waals surface area contributed by atoms with Crippen molar-refractivity contribution in [1.82, 2.24) is 0 Å². The maximum Gasteiger partial charge on any atom is 0.358 e. The van der Waals surface area contributed by atoms with Gasteiger partial charge in [0, 0.05) is 6.42 Å². The molecular weight excluding hydrogens is 254 g/mol. The molecule has 0 fully saturated rings. The van der Waals surface area contributed by atoms with Gasteiger partial charge in [-0.15, -0.1) is 0 Å². The molecule has 0 aliphatic rings. The lowest BCUT2D eigenvalue weighted by atomic mass is 10.2. The third kappa shape index (κ3) is 4.67. The van der Waals surface area contributed by atoms with Crippen molar-refractivity contribution in [3.05, 3.63) is 30.3 Å². The fraction of sp³-hybridized carbons (Fsp3) is 0.333.